The third-order valence-corrected chi connectivity index (χ3v) is 11.4. The second-order valence-corrected chi connectivity index (χ2v) is 13.3. The van der Waals surface area contributed by atoms with Crippen molar-refractivity contribution in [3.63, 3.8) is 0 Å². The minimum Gasteiger partial charge on any atom is -0.389 e. The minimum absolute atomic E-state index is 0.449. The van der Waals surface area contributed by atoms with E-state index in [1.165, 1.54) is 64.2 Å². The van der Waals surface area contributed by atoms with Gasteiger partial charge in [-0.15, -0.1) is 0 Å². The molecule has 4 aliphatic carbocycles. The molecule has 2 heteroatoms. The first-order chi connectivity index (χ1) is 14.1. The lowest BCUT2D eigenvalue weighted by Gasteiger charge is -2.62. The van der Waals surface area contributed by atoms with Crippen molar-refractivity contribution < 1.29 is 5.11 Å². The summed E-state index contributed by atoms with van der Waals surface area (Å²) < 4.78 is 0. The lowest BCUT2D eigenvalue weighted by molar-refractivity contribution is -0.149. The lowest BCUT2D eigenvalue weighted by atomic mass is 9.43. The molecule has 0 bridgehead atoms. The van der Waals surface area contributed by atoms with E-state index in [-0.39, 0.29) is 0 Å². The normalized spacial score (nSPS) is 49.4. The van der Waals surface area contributed by atoms with Crippen molar-refractivity contribution in [3.05, 3.63) is 0 Å². The van der Waals surface area contributed by atoms with Gasteiger partial charge in [0.25, 0.3) is 0 Å². The minimum atomic E-state index is -0.579. The first kappa shape index (κ1) is 23.1. The second kappa shape index (κ2) is 8.36. The predicted molar refractivity (Wildman–Crippen MR) is 127 cm³/mol. The lowest BCUT2D eigenvalue weighted by Crippen LogP contribution is -2.57. The standard InChI is InChI=1S/C28H51NO/c1-19(2)7-6-8-20(3)23-11-12-24-22-10-9-21-17-28(30,18-29)16-15-26(21,4)25(22)13-14-27(23,24)5/h19-25,30H,6-18,29H2,1-5H3/t20-,21?,22?,23-,24?,25?,26+,27-,28-/m1/s1. The molecule has 0 aliphatic heterocycles. The topological polar surface area (TPSA) is 46.2 Å². The van der Waals surface area contributed by atoms with Gasteiger partial charge in [-0.1, -0.05) is 53.9 Å². The van der Waals surface area contributed by atoms with Gasteiger partial charge in [0, 0.05) is 6.54 Å². The highest BCUT2D eigenvalue weighted by Gasteiger charge is 2.61. The van der Waals surface area contributed by atoms with Gasteiger partial charge in [0.2, 0.25) is 0 Å². The van der Waals surface area contributed by atoms with Crippen molar-refractivity contribution in [2.24, 2.45) is 58.0 Å². The third-order valence-electron chi connectivity index (χ3n) is 11.4. The Morgan fingerprint density at radius 1 is 0.867 bits per heavy atom. The molecular weight excluding hydrogens is 366 g/mol. The van der Waals surface area contributed by atoms with Crippen molar-refractivity contribution in [2.75, 3.05) is 6.54 Å². The van der Waals surface area contributed by atoms with Crippen LogP contribution in [-0.4, -0.2) is 17.3 Å². The van der Waals surface area contributed by atoms with Gasteiger partial charge in [-0.3, -0.25) is 0 Å². The molecule has 9 atom stereocenters. The smallest absolute Gasteiger partial charge is 0.0772 e. The van der Waals surface area contributed by atoms with E-state index >= 15 is 0 Å². The summed E-state index contributed by atoms with van der Waals surface area (Å²) in [6, 6.07) is 0. The summed E-state index contributed by atoms with van der Waals surface area (Å²) in [4.78, 5) is 0. The maximum Gasteiger partial charge on any atom is 0.0772 e. The van der Waals surface area contributed by atoms with Gasteiger partial charge in [0.1, 0.15) is 0 Å². The van der Waals surface area contributed by atoms with Gasteiger partial charge in [0.15, 0.2) is 0 Å². The van der Waals surface area contributed by atoms with E-state index in [0.29, 0.717) is 23.3 Å². The Balaban J connectivity index is 1.46. The fraction of sp³-hybridized carbons (Fsp3) is 1.00. The van der Waals surface area contributed by atoms with Gasteiger partial charge in [-0.05, 0) is 110 Å². The summed E-state index contributed by atoms with van der Waals surface area (Å²) in [6.45, 7) is 13.1. The Kier molecular flexibility index (Phi) is 6.44. The van der Waals surface area contributed by atoms with Crippen LogP contribution in [0.5, 0.6) is 0 Å². The molecule has 0 spiro atoms. The zero-order valence-electron chi connectivity index (χ0n) is 20.8. The SMILES string of the molecule is CC(C)CCC[C@@H](C)[C@H]1CCC2C3CCC4C[C@@](O)(CN)CC[C@]4(C)C3CC[C@@]21C. The summed E-state index contributed by atoms with van der Waals surface area (Å²) in [6.07, 6.45) is 16.0. The Bertz CT molecular complexity index is 603. The number of nitrogens with two attached hydrogens (primary N) is 1. The van der Waals surface area contributed by atoms with Crippen molar-refractivity contribution in [3.8, 4) is 0 Å². The van der Waals surface area contributed by atoms with Gasteiger partial charge >= 0.3 is 0 Å². The van der Waals surface area contributed by atoms with Crippen LogP contribution in [0.4, 0.5) is 0 Å². The molecule has 174 valence electrons. The van der Waals surface area contributed by atoms with Crippen LogP contribution < -0.4 is 5.73 Å². The first-order valence-corrected chi connectivity index (χ1v) is 13.6. The van der Waals surface area contributed by atoms with E-state index < -0.39 is 5.60 Å². The van der Waals surface area contributed by atoms with Gasteiger partial charge < -0.3 is 10.8 Å². The molecule has 4 rings (SSSR count). The Morgan fingerprint density at radius 2 is 1.60 bits per heavy atom. The van der Waals surface area contributed by atoms with Gasteiger partial charge in [0.05, 0.1) is 5.60 Å². The number of hydrogen-bond acceptors (Lipinski definition) is 2. The molecule has 0 aromatic heterocycles. The molecule has 2 nitrogen and oxygen atoms in total. The molecule has 0 amide bonds. The largest absolute Gasteiger partial charge is 0.389 e. The number of hydrogen-bond donors (Lipinski definition) is 2. The molecule has 3 N–H and O–H groups in total. The maximum absolute atomic E-state index is 10.9. The predicted octanol–water partition coefficient (Wildman–Crippen LogP) is 6.80. The van der Waals surface area contributed by atoms with E-state index in [2.05, 4.69) is 34.6 Å². The summed E-state index contributed by atoms with van der Waals surface area (Å²) in [5.41, 5.74) is 6.43. The summed E-state index contributed by atoms with van der Waals surface area (Å²) >= 11 is 0. The second-order valence-electron chi connectivity index (χ2n) is 13.3. The molecule has 0 aromatic carbocycles. The van der Waals surface area contributed by atoms with Crippen LogP contribution in [0.3, 0.4) is 0 Å². The third kappa shape index (κ3) is 3.81. The van der Waals surface area contributed by atoms with Crippen LogP contribution in [0, 0.1) is 52.3 Å². The van der Waals surface area contributed by atoms with Gasteiger partial charge in [-0.2, -0.15) is 0 Å². The van der Waals surface area contributed by atoms with Gasteiger partial charge in [-0.25, -0.2) is 0 Å². The van der Waals surface area contributed by atoms with Crippen LogP contribution in [-0.2, 0) is 0 Å². The molecule has 4 fully saturated rings. The molecule has 4 unspecified atom stereocenters. The molecule has 30 heavy (non-hydrogen) atoms. The zero-order chi connectivity index (χ0) is 21.7. The number of aliphatic hydroxyl groups is 1. The van der Waals surface area contributed by atoms with Crippen LogP contribution in [0.2, 0.25) is 0 Å². The maximum atomic E-state index is 10.9. The monoisotopic (exact) mass is 417 g/mol. The van der Waals surface area contributed by atoms with Crippen molar-refractivity contribution >= 4 is 0 Å². The quantitative estimate of drug-likeness (QED) is 0.499. The Hall–Kier alpha value is -0.0800. The first-order valence-electron chi connectivity index (χ1n) is 13.6. The molecule has 0 radical (unpaired) electrons. The molecule has 0 aromatic rings. The Morgan fingerprint density at radius 3 is 2.30 bits per heavy atom. The summed E-state index contributed by atoms with van der Waals surface area (Å²) in [5, 5.41) is 10.9. The average molecular weight is 418 g/mol. The average Bonchev–Trinajstić information content (AvgIpc) is 3.05. The molecule has 4 saturated carbocycles. The Labute approximate surface area is 187 Å². The van der Waals surface area contributed by atoms with Crippen LogP contribution >= 0.6 is 0 Å². The van der Waals surface area contributed by atoms with Crippen molar-refractivity contribution in [1.29, 1.82) is 0 Å². The molecular formula is C28H51NO. The van der Waals surface area contributed by atoms with Crippen molar-refractivity contribution in [1.82, 2.24) is 0 Å². The number of rotatable bonds is 6. The van der Waals surface area contributed by atoms with Crippen LogP contribution in [0.15, 0.2) is 0 Å². The molecule has 0 heterocycles. The van der Waals surface area contributed by atoms with E-state index in [1.807, 2.05) is 0 Å². The zero-order valence-corrected chi connectivity index (χ0v) is 20.8. The van der Waals surface area contributed by atoms with E-state index in [9.17, 15) is 5.11 Å². The van der Waals surface area contributed by atoms with Crippen LogP contribution in [0.25, 0.3) is 0 Å². The van der Waals surface area contributed by atoms with E-state index in [0.717, 1.165) is 48.3 Å². The summed E-state index contributed by atoms with van der Waals surface area (Å²) in [7, 11) is 0. The molecule has 0 saturated heterocycles. The van der Waals surface area contributed by atoms with Crippen molar-refractivity contribution in [2.45, 2.75) is 117 Å². The fourth-order valence-corrected chi connectivity index (χ4v) is 9.53. The van der Waals surface area contributed by atoms with E-state index in [4.69, 9.17) is 5.73 Å². The number of fused-ring (bicyclic) bond motifs is 5. The van der Waals surface area contributed by atoms with Crippen LogP contribution in [0.1, 0.15) is 112 Å². The summed E-state index contributed by atoms with van der Waals surface area (Å²) in [5.74, 6) is 6.20. The van der Waals surface area contributed by atoms with E-state index in [1.54, 1.807) is 0 Å². The fourth-order valence-electron chi connectivity index (χ4n) is 9.53. The molecule has 4 aliphatic rings. The highest BCUT2D eigenvalue weighted by atomic mass is 16.3. The highest BCUT2D eigenvalue weighted by molar-refractivity contribution is 5.11. The highest BCUT2D eigenvalue weighted by Crippen LogP contribution is 2.68.